The molecule has 0 bridgehead atoms. The fourth-order valence-corrected chi connectivity index (χ4v) is 0.803. The Morgan fingerprint density at radius 2 is 1.92 bits per heavy atom. The Hall–Kier alpha value is -1.26. The van der Waals surface area contributed by atoms with Gasteiger partial charge in [-0.1, -0.05) is 0 Å². The van der Waals surface area contributed by atoms with Gasteiger partial charge in [-0.25, -0.2) is 0 Å². The van der Waals surface area contributed by atoms with Gasteiger partial charge in [0.2, 0.25) is 0 Å². The molecule has 0 saturated heterocycles. The molecule has 4 heteroatoms. The van der Waals surface area contributed by atoms with Gasteiger partial charge in [0.15, 0.2) is 0 Å². The van der Waals surface area contributed by atoms with E-state index in [-0.39, 0.29) is 18.9 Å². The highest BCUT2D eigenvalue weighted by molar-refractivity contribution is 5.30. The minimum Gasteiger partial charge on any atom is -0.508 e. The lowest BCUT2D eigenvalue weighted by Crippen LogP contribution is -2.26. The number of phenolic OH excluding ortho intramolecular Hbond substituents is 1. The van der Waals surface area contributed by atoms with E-state index in [1.165, 1.54) is 12.1 Å². The van der Waals surface area contributed by atoms with E-state index in [1.54, 1.807) is 12.1 Å². The zero-order valence-corrected chi connectivity index (χ0v) is 7.18. The smallest absolute Gasteiger partial charge is 0.119 e. The fourth-order valence-electron chi connectivity index (χ4n) is 0.803. The predicted molar refractivity (Wildman–Crippen MR) is 48.7 cm³/mol. The summed E-state index contributed by atoms with van der Waals surface area (Å²) in [4.78, 5) is 0. The number of nitrogens with two attached hydrogens (primary N) is 1. The van der Waals surface area contributed by atoms with Gasteiger partial charge in [-0.3, -0.25) is 0 Å². The average Bonchev–Trinajstić information content (AvgIpc) is 2.16. The van der Waals surface area contributed by atoms with E-state index in [2.05, 4.69) is 0 Å². The van der Waals surface area contributed by atoms with Crippen LogP contribution >= 0.6 is 0 Å². The summed E-state index contributed by atoms with van der Waals surface area (Å²) in [5, 5.41) is 18.0. The normalized spacial score (nSPS) is 12.5. The number of phenols is 1. The first-order chi connectivity index (χ1) is 6.22. The van der Waals surface area contributed by atoms with E-state index in [1.807, 2.05) is 0 Å². The quantitative estimate of drug-likeness (QED) is 0.618. The van der Waals surface area contributed by atoms with Crippen molar-refractivity contribution in [2.24, 2.45) is 5.73 Å². The van der Waals surface area contributed by atoms with Crippen molar-refractivity contribution in [3.63, 3.8) is 0 Å². The molecule has 0 aliphatic carbocycles. The molecule has 4 N–H and O–H groups in total. The molecule has 4 nitrogen and oxygen atoms in total. The largest absolute Gasteiger partial charge is 0.508 e. The Morgan fingerprint density at radius 1 is 1.31 bits per heavy atom. The number of hydrogen-bond donors (Lipinski definition) is 3. The molecule has 1 aromatic rings. The van der Waals surface area contributed by atoms with Crippen LogP contribution in [0.4, 0.5) is 0 Å². The van der Waals surface area contributed by atoms with Crippen molar-refractivity contribution in [2.75, 3.05) is 13.2 Å². The number of benzene rings is 1. The molecule has 0 aromatic heterocycles. The molecule has 0 radical (unpaired) electrons. The molecule has 0 unspecified atom stereocenters. The molecule has 0 saturated carbocycles. The number of hydrogen-bond acceptors (Lipinski definition) is 4. The third-order valence-electron chi connectivity index (χ3n) is 1.55. The Bertz CT molecular complexity index is 248. The number of aliphatic hydroxyl groups is 1. The van der Waals surface area contributed by atoms with Crippen LogP contribution in [0.5, 0.6) is 11.5 Å². The molecule has 0 heterocycles. The van der Waals surface area contributed by atoms with Crippen molar-refractivity contribution in [1.29, 1.82) is 0 Å². The number of rotatable bonds is 4. The number of aromatic hydroxyl groups is 1. The summed E-state index contributed by atoms with van der Waals surface area (Å²) in [5.41, 5.74) is 5.19. The molecule has 72 valence electrons. The van der Waals surface area contributed by atoms with Crippen molar-refractivity contribution in [3.8, 4) is 11.5 Å². The van der Waals surface area contributed by atoms with E-state index in [0.717, 1.165) is 0 Å². The minimum absolute atomic E-state index is 0.168. The van der Waals surface area contributed by atoms with Crippen LogP contribution < -0.4 is 10.5 Å². The predicted octanol–water partition coefficient (Wildman–Crippen LogP) is 0.0906. The van der Waals surface area contributed by atoms with Crippen molar-refractivity contribution >= 4 is 0 Å². The summed E-state index contributed by atoms with van der Waals surface area (Å²) in [6.07, 6.45) is -0.645. The maximum absolute atomic E-state index is 9.07. The topological polar surface area (TPSA) is 75.7 Å². The molecule has 0 spiro atoms. The summed E-state index contributed by atoms with van der Waals surface area (Å²) in [6.45, 7) is 0.347. The van der Waals surface area contributed by atoms with Gasteiger partial charge in [0.25, 0.3) is 0 Å². The van der Waals surface area contributed by atoms with Gasteiger partial charge in [-0.15, -0.1) is 0 Å². The van der Waals surface area contributed by atoms with Crippen LogP contribution in [0.3, 0.4) is 0 Å². The zero-order valence-electron chi connectivity index (χ0n) is 7.18. The SMILES string of the molecule is NC[C@H](O)COc1ccc(O)cc1. The number of ether oxygens (including phenoxy) is 1. The molecule has 0 aliphatic heterocycles. The van der Waals surface area contributed by atoms with Gasteiger partial charge in [0, 0.05) is 6.54 Å². The second kappa shape index (κ2) is 4.69. The summed E-state index contributed by atoms with van der Waals surface area (Å²) in [5.74, 6) is 0.789. The second-order valence-corrected chi connectivity index (χ2v) is 2.69. The van der Waals surface area contributed by atoms with Crippen LogP contribution in [0.25, 0.3) is 0 Å². The van der Waals surface area contributed by atoms with Crippen LogP contribution in [0.2, 0.25) is 0 Å². The highest BCUT2D eigenvalue weighted by atomic mass is 16.5. The Morgan fingerprint density at radius 3 is 2.46 bits per heavy atom. The highest BCUT2D eigenvalue weighted by Crippen LogP contribution is 2.15. The summed E-state index contributed by atoms with van der Waals surface area (Å²) in [7, 11) is 0. The molecule has 1 atom stereocenters. The lowest BCUT2D eigenvalue weighted by Gasteiger charge is -2.09. The van der Waals surface area contributed by atoms with Gasteiger partial charge < -0.3 is 20.7 Å². The molecule has 0 fully saturated rings. The first-order valence-electron chi connectivity index (χ1n) is 4.02. The van der Waals surface area contributed by atoms with Gasteiger partial charge in [0.1, 0.15) is 24.2 Å². The lowest BCUT2D eigenvalue weighted by molar-refractivity contribution is 0.114. The molecular formula is C9H13NO3. The van der Waals surface area contributed by atoms with E-state index in [4.69, 9.17) is 20.7 Å². The Balaban J connectivity index is 2.41. The summed E-state index contributed by atoms with van der Waals surface area (Å²) >= 11 is 0. The second-order valence-electron chi connectivity index (χ2n) is 2.69. The average molecular weight is 183 g/mol. The first kappa shape index (κ1) is 9.83. The molecule has 0 aliphatic rings. The monoisotopic (exact) mass is 183 g/mol. The lowest BCUT2D eigenvalue weighted by atomic mass is 10.3. The Kier molecular flexibility index (Phi) is 3.54. The van der Waals surface area contributed by atoms with Crippen LogP contribution in [-0.4, -0.2) is 29.5 Å². The van der Waals surface area contributed by atoms with Gasteiger partial charge >= 0.3 is 0 Å². The highest BCUT2D eigenvalue weighted by Gasteiger charge is 2.01. The van der Waals surface area contributed by atoms with Crippen molar-refractivity contribution in [3.05, 3.63) is 24.3 Å². The van der Waals surface area contributed by atoms with Gasteiger partial charge in [-0.05, 0) is 24.3 Å². The van der Waals surface area contributed by atoms with Crippen LogP contribution in [0, 0.1) is 0 Å². The standard InChI is InChI=1S/C9H13NO3/c10-5-8(12)6-13-9-3-1-7(11)2-4-9/h1-4,8,11-12H,5-6,10H2/t8-/m0/s1. The van der Waals surface area contributed by atoms with E-state index < -0.39 is 6.10 Å². The van der Waals surface area contributed by atoms with Crippen LogP contribution in [0.1, 0.15) is 0 Å². The van der Waals surface area contributed by atoms with E-state index >= 15 is 0 Å². The molecule has 1 rings (SSSR count). The van der Waals surface area contributed by atoms with Crippen molar-refractivity contribution in [2.45, 2.75) is 6.10 Å². The zero-order chi connectivity index (χ0) is 9.68. The third kappa shape index (κ3) is 3.31. The van der Waals surface area contributed by atoms with E-state index in [9.17, 15) is 0 Å². The Labute approximate surface area is 76.6 Å². The maximum atomic E-state index is 9.07. The van der Waals surface area contributed by atoms with Crippen LogP contribution in [-0.2, 0) is 0 Å². The van der Waals surface area contributed by atoms with Crippen LogP contribution in [0.15, 0.2) is 24.3 Å². The third-order valence-corrected chi connectivity index (χ3v) is 1.55. The van der Waals surface area contributed by atoms with E-state index in [0.29, 0.717) is 5.75 Å². The van der Waals surface area contributed by atoms with Gasteiger partial charge in [0.05, 0.1) is 0 Å². The molecule has 1 aromatic carbocycles. The molecular weight excluding hydrogens is 170 g/mol. The molecule has 13 heavy (non-hydrogen) atoms. The summed E-state index contributed by atoms with van der Waals surface area (Å²) < 4.78 is 5.17. The molecule has 0 amide bonds. The number of aliphatic hydroxyl groups excluding tert-OH is 1. The van der Waals surface area contributed by atoms with Crippen molar-refractivity contribution < 1.29 is 14.9 Å². The fraction of sp³-hybridized carbons (Fsp3) is 0.333. The maximum Gasteiger partial charge on any atom is 0.119 e. The minimum atomic E-state index is -0.645. The first-order valence-corrected chi connectivity index (χ1v) is 4.02. The van der Waals surface area contributed by atoms with Crippen molar-refractivity contribution in [1.82, 2.24) is 0 Å². The van der Waals surface area contributed by atoms with Gasteiger partial charge in [-0.2, -0.15) is 0 Å². The summed E-state index contributed by atoms with van der Waals surface area (Å²) in [6, 6.07) is 6.28.